The number of rotatable bonds is 5. The van der Waals surface area contributed by atoms with Crippen molar-refractivity contribution in [3.63, 3.8) is 0 Å². The predicted octanol–water partition coefficient (Wildman–Crippen LogP) is 7.34. The van der Waals surface area contributed by atoms with Crippen LogP contribution < -0.4 is 0 Å². The lowest BCUT2D eigenvalue weighted by Crippen LogP contribution is -1.96. The van der Waals surface area contributed by atoms with Crippen molar-refractivity contribution in [2.45, 2.75) is 10.8 Å². The van der Waals surface area contributed by atoms with Crippen molar-refractivity contribution >= 4 is 27.7 Å². The lowest BCUT2D eigenvalue weighted by atomic mass is 9.99. The van der Waals surface area contributed by atoms with Gasteiger partial charge in [-0.1, -0.05) is 88.7 Å². The fourth-order valence-electron chi connectivity index (χ4n) is 3.11. The summed E-state index contributed by atoms with van der Waals surface area (Å²) in [5.74, 6) is 0.744. The topological polar surface area (TPSA) is 36.7 Å². The largest absolute Gasteiger partial charge is 0.240 e. The summed E-state index contributed by atoms with van der Waals surface area (Å²) in [5, 5.41) is 10.7. The van der Waals surface area contributed by atoms with E-state index in [2.05, 4.69) is 34.1 Å². The van der Waals surface area contributed by atoms with Gasteiger partial charge in [-0.05, 0) is 29.3 Å². The number of pyridine rings is 1. The summed E-state index contributed by atoms with van der Waals surface area (Å²) in [5.41, 5.74) is 5.66. The molecule has 4 heteroatoms. The number of nitrogens with zero attached hydrogens (tertiary/aromatic N) is 2. The van der Waals surface area contributed by atoms with Crippen LogP contribution in [-0.2, 0) is 5.75 Å². The molecule has 1 aromatic heterocycles. The smallest absolute Gasteiger partial charge is 0.115 e. The molecule has 0 aliphatic heterocycles. The zero-order valence-electron chi connectivity index (χ0n) is 15.5. The molecule has 2 nitrogen and oxygen atoms in total. The minimum absolute atomic E-state index is 0.621. The SMILES string of the molecule is N#Cc1c(-c2ccccc2)cc(-c2ccccc2)nc1SCc1cccc(Br)c1. The van der Waals surface area contributed by atoms with Crippen molar-refractivity contribution in [2.75, 3.05) is 0 Å². The molecule has 29 heavy (non-hydrogen) atoms. The van der Waals surface area contributed by atoms with Crippen LogP contribution >= 0.6 is 27.7 Å². The van der Waals surface area contributed by atoms with Crippen LogP contribution in [0.1, 0.15) is 11.1 Å². The second kappa shape index (κ2) is 9.09. The van der Waals surface area contributed by atoms with Gasteiger partial charge >= 0.3 is 0 Å². The summed E-state index contributed by atoms with van der Waals surface area (Å²) in [6, 6.07) is 32.8. The molecule has 0 unspecified atom stereocenters. The molecule has 0 atom stereocenters. The molecule has 1 heterocycles. The number of aromatic nitrogens is 1. The molecule has 0 fully saturated rings. The maximum Gasteiger partial charge on any atom is 0.115 e. The maximum absolute atomic E-state index is 9.95. The number of hydrogen-bond acceptors (Lipinski definition) is 3. The number of halogens is 1. The van der Waals surface area contributed by atoms with Gasteiger partial charge in [0.15, 0.2) is 0 Å². The van der Waals surface area contributed by atoms with Gasteiger partial charge in [0.05, 0.1) is 11.3 Å². The second-order valence-electron chi connectivity index (χ2n) is 6.50. The Labute approximate surface area is 183 Å². The number of thioether (sulfide) groups is 1. The highest BCUT2D eigenvalue weighted by Gasteiger charge is 2.16. The summed E-state index contributed by atoms with van der Waals surface area (Å²) >= 11 is 5.12. The van der Waals surface area contributed by atoms with Crippen LogP contribution in [0.25, 0.3) is 22.4 Å². The van der Waals surface area contributed by atoms with Crippen molar-refractivity contribution in [1.29, 1.82) is 5.26 Å². The average Bonchev–Trinajstić information content (AvgIpc) is 2.78. The molecule has 0 saturated heterocycles. The van der Waals surface area contributed by atoms with Gasteiger partial charge in [-0.15, -0.1) is 11.8 Å². The van der Waals surface area contributed by atoms with Crippen molar-refractivity contribution in [1.82, 2.24) is 4.98 Å². The van der Waals surface area contributed by atoms with Gasteiger partial charge in [0.25, 0.3) is 0 Å². The molecule has 4 rings (SSSR count). The van der Waals surface area contributed by atoms with Gasteiger partial charge in [-0.25, -0.2) is 4.98 Å². The highest BCUT2D eigenvalue weighted by atomic mass is 79.9. The number of benzene rings is 3. The van der Waals surface area contributed by atoms with E-state index in [1.54, 1.807) is 11.8 Å². The van der Waals surface area contributed by atoms with E-state index in [0.29, 0.717) is 5.56 Å². The Kier molecular flexibility index (Phi) is 6.09. The fraction of sp³-hybridized carbons (Fsp3) is 0.0400. The summed E-state index contributed by atoms with van der Waals surface area (Å²) in [7, 11) is 0. The van der Waals surface area contributed by atoms with Gasteiger partial charge in [0.2, 0.25) is 0 Å². The normalized spacial score (nSPS) is 10.5. The molecule has 0 amide bonds. The standard InChI is InChI=1S/C25H17BrN2S/c26-21-13-7-8-18(14-21)17-29-25-23(16-27)22(19-9-3-1-4-10-19)15-24(28-25)20-11-5-2-6-12-20/h1-15H,17H2. The first-order valence-corrected chi connectivity index (χ1v) is 11.0. The van der Waals surface area contributed by atoms with Crippen LogP contribution in [0.5, 0.6) is 0 Å². The first-order chi connectivity index (χ1) is 14.2. The first kappa shape index (κ1) is 19.4. The Bertz CT molecular complexity index is 1170. The van der Waals surface area contributed by atoms with Crippen LogP contribution in [0.2, 0.25) is 0 Å². The molecule has 4 aromatic rings. The summed E-state index contributed by atoms with van der Waals surface area (Å²) in [6.07, 6.45) is 0. The van der Waals surface area contributed by atoms with Crippen LogP contribution in [-0.4, -0.2) is 4.98 Å². The van der Waals surface area contributed by atoms with Gasteiger partial charge < -0.3 is 0 Å². The Hall–Kier alpha value is -2.87. The van der Waals surface area contributed by atoms with E-state index in [-0.39, 0.29) is 0 Å². The molecule has 140 valence electrons. The van der Waals surface area contributed by atoms with Crippen LogP contribution in [0.3, 0.4) is 0 Å². The van der Waals surface area contributed by atoms with E-state index in [4.69, 9.17) is 4.98 Å². The molecule has 3 aromatic carbocycles. The third-order valence-corrected chi connectivity index (χ3v) is 6.06. The third-order valence-electron chi connectivity index (χ3n) is 4.52. The highest BCUT2D eigenvalue weighted by Crippen LogP contribution is 2.35. The van der Waals surface area contributed by atoms with Gasteiger partial charge in [0.1, 0.15) is 11.1 Å². The first-order valence-electron chi connectivity index (χ1n) is 9.18. The Balaban J connectivity index is 1.81. The van der Waals surface area contributed by atoms with E-state index in [9.17, 15) is 5.26 Å². The predicted molar refractivity (Wildman–Crippen MR) is 124 cm³/mol. The Morgan fingerprint density at radius 3 is 2.17 bits per heavy atom. The molecule has 0 N–H and O–H groups in total. The lowest BCUT2D eigenvalue weighted by molar-refractivity contribution is 1.12. The van der Waals surface area contributed by atoms with Crippen molar-refractivity contribution in [3.05, 3.63) is 107 Å². The van der Waals surface area contributed by atoms with Crippen LogP contribution in [0.4, 0.5) is 0 Å². The number of hydrogen-bond donors (Lipinski definition) is 0. The second-order valence-corrected chi connectivity index (χ2v) is 8.38. The highest BCUT2D eigenvalue weighted by molar-refractivity contribution is 9.10. The monoisotopic (exact) mass is 456 g/mol. The van der Waals surface area contributed by atoms with Crippen LogP contribution in [0.15, 0.2) is 100 Å². The molecule has 0 saturated carbocycles. The Morgan fingerprint density at radius 1 is 0.828 bits per heavy atom. The minimum Gasteiger partial charge on any atom is -0.240 e. The van der Waals surface area contributed by atoms with E-state index in [1.807, 2.05) is 78.9 Å². The van der Waals surface area contributed by atoms with Gasteiger partial charge in [-0.3, -0.25) is 0 Å². The zero-order chi connectivity index (χ0) is 20.1. The van der Waals surface area contributed by atoms with Crippen molar-refractivity contribution in [3.8, 4) is 28.5 Å². The molecule has 0 radical (unpaired) electrons. The lowest BCUT2D eigenvalue weighted by Gasteiger charge is -2.13. The minimum atomic E-state index is 0.621. The van der Waals surface area contributed by atoms with Gasteiger partial charge in [-0.2, -0.15) is 5.26 Å². The molecule has 0 aliphatic carbocycles. The van der Waals surface area contributed by atoms with Crippen molar-refractivity contribution in [2.24, 2.45) is 0 Å². The summed E-state index contributed by atoms with van der Waals surface area (Å²) in [4.78, 5) is 4.87. The fourth-order valence-corrected chi connectivity index (χ4v) is 4.51. The molecule has 0 spiro atoms. The maximum atomic E-state index is 9.95. The van der Waals surface area contributed by atoms with E-state index in [1.165, 1.54) is 5.56 Å². The molecule has 0 aliphatic rings. The van der Waals surface area contributed by atoms with Crippen LogP contribution in [0, 0.1) is 11.3 Å². The zero-order valence-corrected chi connectivity index (χ0v) is 18.0. The third kappa shape index (κ3) is 4.59. The quantitative estimate of drug-likeness (QED) is 0.294. The van der Waals surface area contributed by atoms with E-state index < -0.39 is 0 Å². The van der Waals surface area contributed by atoms with E-state index in [0.717, 1.165) is 37.6 Å². The summed E-state index contributed by atoms with van der Waals surface area (Å²) in [6.45, 7) is 0. The molecular formula is C25H17BrN2S. The summed E-state index contributed by atoms with van der Waals surface area (Å²) < 4.78 is 1.05. The van der Waals surface area contributed by atoms with E-state index >= 15 is 0 Å². The van der Waals surface area contributed by atoms with Gasteiger partial charge in [0, 0.05) is 21.4 Å². The number of nitriles is 1. The molecule has 0 bridgehead atoms. The Morgan fingerprint density at radius 2 is 1.52 bits per heavy atom. The average molecular weight is 457 g/mol. The molecular weight excluding hydrogens is 440 g/mol. The van der Waals surface area contributed by atoms with Crippen molar-refractivity contribution < 1.29 is 0 Å².